The minimum absolute atomic E-state index is 0.103. The summed E-state index contributed by atoms with van der Waals surface area (Å²) in [7, 11) is -3.22. The van der Waals surface area contributed by atoms with E-state index >= 15 is 0 Å². The van der Waals surface area contributed by atoms with Crippen molar-refractivity contribution in [2.24, 2.45) is 0 Å². The standard InChI is InChI=1S/C20H21Cl2N5O5S2/c1-34(31,32)26-6-4-25(5-7-26)10-13-11-27-19(30)17(28)16(24-20(27)33-13)18(29)23-9-12-2-3-14(21)15(22)8-12/h2-3,8,11,28H,4-7,9-10H2,1H3,(H,23,29). The maximum Gasteiger partial charge on any atom is 0.301 e. The van der Waals surface area contributed by atoms with E-state index in [-0.39, 0.29) is 17.2 Å². The van der Waals surface area contributed by atoms with E-state index in [1.54, 1.807) is 24.4 Å². The molecule has 34 heavy (non-hydrogen) atoms. The van der Waals surface area contributed by atoms with Crippen LogP contribution < -0.4 is 10.9 Å². The van der Waals surface area contributed by atoms with Gasteiger partial charge in [-0.3, -0.25) is 18.9 Å². The molecule has 182 valence electrons. The fourth-order valence-electron chi connectivity index (χ4n) is 3.56. The van der Waals surface area contributed by atoms with Gasteiger partial charge in [-0.2, -0.15) is 4.31 Å². The third-order valence-electron chi connectivity index (χ3n) is 5.39. The Bertz CT molecular complexity index is 1410. The van der Waals surface area contributed by atoms with Crippen LogP contribution in [-0.4, -0.2) is 70.5 Å². The zero-order chi connectivity index (χ0) is 24.6. The molecule has 10 nitrogen and oxygen atoms in total. The number of aromatic hydroxyl groups is 1. The fourth-order valence-corrected chi connectivity index (χ4v) is 5.72. The lowest BCUT2D eigenvalue weighted by Crippen LogP contribution is -2.47. The molecular formula is C20H21Cl2N5O5S2. The predicted octanol–water partition coefficient (Wildman–Crippen LogP) is 1.78. The number of hydrogen-bond donors (Lipinski definition) is 2. The van der Waals surface area contributed by atoms with Gasteiger partial charge < -0.3 is 10.4 Å². The van der Waals surface area contributed by atoms with Crippen molar-refractivity contribution < 1.29 is 18.3 Å². The third kappa shape index (κ3) is 5.37. The monoisotopic (exact) mass is 545 g/mol. The molecule has 1 saturated heterocycles. The van der Waals surface area contributed by atoms with Gasteiger partial charge >= 0.3 is 5.56 Å². The highest BCUT2D eigenvalue weighted by atomic mass is 35.5. The summed E-state index contributed by atoms with van der Waals surface area (Å²) in [5.41, 5.74) is -0.413. The smallest absolute Gasteiger partial charge is 0.301 e. The number of nitrogens with zero attached hydrogens (tertiary/aromatic N) is 4. The van der Waals surface area contributed by atoms with Gasteiger partial charge in [0.25, 0.3) is 5.91 Å². The molecule has 0 bridgehead atoms. The number of benzene rings is 1. The van der Waals surface area contributed by atoms with Crippen LogP contribution in [-0.2, 0) is 23.1 Å². The summed E-state index contributed by atoms with van der Waals surface area (Å²) in [5, 5.41) is 13.7. The quantitative estimate of drug-likeness (QED) is 0.483. The maximum absolute atomic E-state index is 12.6. The number of carbonyl (C=O) groups excluding carboxylic acids is 1. The molecule has 0 spiro atoms. The second kappa shape index (κ2) is 9.80. The Morgan fingerprint density at radius 2 is 1.91 bits per heavy atom. The van der Waals surface area contributed by atoms with E-state index in [0.717, 1.165) is 4.88 Å². The number of hydrogen-bond acceptors (Lipinski definition) is 8. The van der Waals surface area contributed by atoms with E-state index in [0.29, 0.717) is 48.3 Å². The van der Waals surface area contributed by atoms with Crippen molar-refractivity contribution in [1.82, 2.24) is 23.9 Å². The summed E-state index contributed by atoms with van der Waals surface area (Å²) >= 11 is 13.1. The number of thiazole rings is 1. The summed E-state index contributed by atoms with van der Waals surface area (Å²) in [6.45, 7) is 2.49. The topological polar surface area (TPSA) is 124 Å². The largest absolute Gasteiger partial charge is 0.501 e. The van der Waals surface area contributed by atoms with Crippen LogP contribution in [0.4, 0.5) is 0 Å². The SMILES string of the molecule is CS(=O)(=O)N1CCN(Cc2cn3c(=O)c(O)c(C(=O)NCc4ccc(Cl)c(Cl)c4)nc3s2)CC1. The van der Waals surface area contributed by atoms with Crippen LogP contribution in [0.15, 0.2) is 29.2 Å². The van der Waals surface area contributed by atoms with Crippen molar-refractivity contribution >= 4 is 55.4 Å². The van der Waals surface area contributed by atoms with Gasteiger partial charge in [-0.25, -0.2) is 13.4 Å². The van der Waals surface area contributed by atoms with Gasteiger partial charge in [-0.15, -0.1) is 0 Å². The molecule has 3 heterocycles. The van der Waals surface area contributed by atoms with Crippen LogP contribution in [0.2, 0.25) is 10.0 Å². The van der Waals surface area contributed by atoms with Gasteiger partial charge in [0.05, 0.1) is 16.3 Å². The van der Waals surface area contributed by atoms with Crippen molar-refractivity contribution in [3.05, 3.63) is 60.9 Å². The highest BCUT2D eigenvalue weighted by molar-refractivity contribution is 7.88. The van der Waals surface area contributed by atoms with Crippen LogP contribution in [0.5, 0.6) is 5.75 Å². The Balaban J connectivity index is 1.48. The number of aromatic nitrogens is 2. The zero-order valence-corrected chi connectivity index (χ0v) is 21.1. The molecule has 1 aromatic carbocycles. The minimum atomic E-state index is -3.22. The molecule has 4 rings (SSSR count). The van der Waals surface area contributed by atoms with E-state index in [1.807, 2.05) is 0 Å². The average molecular weight is 546 g/mol. The van der Waals surface area contributed by atoms with Gasteiger partial charge in [0.2, 0.25) is 15.8 Å². The molecule has 1 aliphatic heterocycles. The Morgan fingerprint density at radius 3 is 2.56 bits per heavy atom. The van der Waals surface area contributed by atoms with Crippen molar-refractivity contribution in [3.8, 4) is 5.75 Å². The third-order valence-corrected chi connectivity index (χ3v) is 8.40. The molecule has 0 atom stereocenters. The Kier molecular flexibility index (Phi) is 7.17. The van der Waals surface area contributed by atoms with Gasteiger partial charge in [0, 0.05) is 50.3 Å². The molecule has 3 aromatic rings. The number of amides is 1. The van der Waals surface area contributed by atoms with Crippen LogP contribution in [0.3, 0.4) is 0 Å². The van der Waals surface area contributed by atoms with Crippen molar-refractivity contribution in [3.63, 3.8) is 0 Å². The van der Waals surface area contributed by atoms with Gasteiger partial charge in [-0.05, 0) is 17.7 Å². The zero-order valence-electron chi connectivity index (χ0n) is 18.0. The fraction of sp³-hybridized carbons (Fsp3) is 0.350. The van der Waals surface area contributed by atoms with Crippen molar-refractivity contribution in [1.29, 1.82) is 0 Å². The summed E-state index contributed by atoms with van der Waals surface area (Å²) < 4.78 is 26.0. The van der Waals surface area contributed by atoms with E-state index in [9.17, 15) is 23.1 Å². The number of carbonyl (C=O) groups is 1. The molecule has 1 fully saturated rings. The van der Waals surface area contributed by atoms with Crippen molar-refractivity contribution in [2.45, 2.75) is 13.1 Å². The first-order valence-corrected chi connectivity index (χ1v) is 13.6. The van der Waals surface area contributed by atoms with Gasteiger partial charge in [-0.1, -0.05) is 40.6 Å². The lowest BCUT2D eigenvalue weighted by Gasteiger charge is -2.32. The first-order chi connectivity index (χ1) is 16.0. The summed E-state index contributed by atoms with van der Waals surface area (Å²) in [6.07, 6.45) is 2.77. The second-order valence-electron chi connectivity index (χ2n) is 7.83. The minimum Gasteiger partial charge on any atom is -0.501 e. The number of halogens is 2. The van der Waals surface area contributed by atoms with E-state index in [4.69, 9.17) is 23.2 Å². The molecule has 2 N–H and O–H groups in total. The van der Waals surface area contributed by atoms with Crippen LogP contribution in [0.25, 0.3) is 4.96 Å². The first-order valence-electron chi connectivity index (χ1n) is 10.2. The van der Waals surface area contributed by atoms with Crippen LogP contribution in [0.1, 0.15) is 20.9 Å². The lowest BCUT2D eigenvalue weighted by molar-refractivity contribution is 0.0942. The molecule has 0 aliphatic carbocycles. The number of fused-ring (bicyclic) bond motifs is 1. The number of piperazine rings is 1. The molecule has 14 heteroatoms. The molecular weight excluding hydrogens is 525 g/mol. The van der Waals surface area contributed by atoms with Gasteiger partial charge in [0.1, 0.15) is 0 Å². The van der Waals surface area contributed by atoms with E-state index in [2.05, 4.69) is 15.2 Å². The molecule has 0 saturated carbocycles. The normalized spacial score (nSPS) is 15.6. The first kappa shape index (κ1) is 24.9. The second-order valence-corrected chi connectivity index (χ2v) is 11.7. The number of sulfonamides is 1. The average Bonchev–Trinajstić information content (AvgIpc) is 3.19. The molecule has 1 amide bonds. The summed E-state index contributed by atoms with van der Waals surface area (Å²) in [4.78, 5) is 32.6. The molecule has 2 aromatic heterocycles. The number of rotatable bonds is 6. The van der Waals surface area contributed by atoms with Crippen molar-refractivity contribution in [2.75, 3.05) is 32.4 Å². The Hall–Kier alpha value is -2.22. The molecule has 0 unspecified atom stereocenters. The molecule has 1 aliphatic rings. The summed E-state index contributed by atoms with van der Waals surface area (Å²) in [6, 6.07) is 4.91. The Morgan fingerprint density at radius 1 is 1.21 bits per heavy atom. The van der Waals surface area contributed by atoms with Crippen LogP contribution in [0, 0.1) is 0 Å². The highest BCUT2D eigenvalue weighted by Crippen LogP contribution is 2.23. The maximum atomic E-state index is 12.6. The highest BCUT2D eigenvalue weighted by Gasteiger charge is 2.25. The predicted molar refractivity (Wildman–Crippen MR) is 130 cm³/mol. The lowest BCUT2D eigenvalue weighted by atomic mass is 10.2. The van der Waals surface area contributed by atoms with Gasteiger partial charge in [0.15, 0.2) is 10.7 Å². The Labute approximate surface area is 209 Å². The molecule has 0 radical (unpaired) electrons. The van der Waals surface area contributed by atoms with Crippen LogP contribution >= 0.6 is 34.5 Å². The van der Waals surface area contributed by atoms with E-state index in [1.165, 1.54) is 26.3 Å². The summed E-state index contributed by atoms with van der Waals surface area (Å²) in [5.74, 6) is -1.44. The van der Waals surface area contributed by atoms with E-state index < -0.39 is 27.2 Å². The number of nitrogens with one attached hydrogen (secondary N) is 1.